The SMILES string of the molecule is FC(F)(F)c1ccc(-c2c(Cl)cc(Cl)cc2Cl)c(CCl)c1. The van der Waals surface area contributed by atoms with Crippen molar-refractivity contribution in [1.29, 1.82) is 0 Å². The molecule has 0 fully saturated rings. The normalized spacial score (nSPS) is 11.8. The number of hydrogen-bond acceptors (Lipinski definition) is 0. The highest BCUT2D eigenvalue weighted by atomic mass is 35.5. The molecule has 0 atom stereocenters. The van der Waals surface area contributed by atoms with E-state index in [0.717, 1.165) is 12.1 Å². The zero-order valence-electron chi connectivity index (χ0n) is 10.2. The summed E-state index contributed by atoms with van der Waals surface area (Å²) in [5.74, 6) is -0.103. The highest BCUT2D eigenvalue weighted by Crippen LogP contribution is 2.41. The van der Waals surface area contributed by atoms with Gasteiger partial charge in [0.25, 0.3) is 0 Å². The Bertz CT molecular complexity index is 657. The fourth-order valence-electron chi connectivity index (χ4n) is 1.92. The standard InChI is InChI=1S/C14H7Cl4F3/c15-6-7-3-8(14(19,20)21)1-2-10(7)13-11(17)4-9(16)5-12(13)18/h1-5H,6H2. The van der Waals surface area contributed by atoms with Crippen molar-refractivity contribution in [3.8, 4) is 11.1 Å². The van der Waals surface area contributed by atoms with Crippen LogP contribution in [0.3, 0.4) is 0 Å². The third-order valence-electron chi connectivity index (χ3n) is 2.85. The van der Waals surface area contributed by atoms with Crippen LogP contribution in [0.2, 0.25) is 15.1 Å². The number of alkyl halides is 4. The van der Waals surface area contributed by atoms with Gasteiger partial charge in [0.15, 0.2) is 0 Å². The molecule has 0 heterocycles. The monoisotopic (exact) mass is 372 g/mol. The minimum atomic E-state index is -4.44. The Labute approximate surface area is 139 Å². The third kappa shape index (κ3) is 3.59. The molecule has 0 spiro atoms. The number of hydrogen-bond donors (Lipinski definition) is 0. The zero-order chi connectivity index (χ0) is 15.8. The van der Waals surface area contributed by atoms with Gasteiger partial charge in [-0.15, -0.1) is 11.6 Å². The molecule has 0 aromatic heterocycles. The van der Waals surface area contributed by atoms with Crippen LogP contribution < -0.4 is 0 Å². The van der Waals surface area contributed by atoms with E-state index < -0.39 is 11.7 Å². The Morgan fingerprint density at radius 1 is 0.905 bits per heavy atom. The van der Waals surface area contributed by atoms with Crippen molar-refractivity contribution in [2.24, 2.45) is 0 Å². The van der Waals surface area contributed by atoms with E-state index in [0.29, 0.717) is 16.1 Å². The fraction of sp³-hybridized carbons (Fsp3) is 0.143. The third-order valence-corrected chi connectivity index (χ3v) is 3.96. The first-order chi connectivity index (χ1) is 9.74. The number of benzene rings is 2. The summed E-state index contributed by atoms with van der Waals surface area (Å²) >= 11 is 23.8. The van der Waals surface area contributed by atoms with Crippen LogP contribution in [-0.4, -0.2) is 0 Å². The van der Waals surface area contributed by atoms with Gasteiger partial charge >= 0.3 is 6.18 Å². The Morgan fingerprint density at radius 2 is 1.48 bits per heavy atom. The van der Waals surface area contributed by atoms with Crippen LogP contribution in [0.4, 0.5) is 13.2 Å². The molecule has 7 heteroatoms. The molecule has 0 amide bonds. The Morgan fingerprint density at radius 3 is 1.95 bits per heavy atom. The van der Waals surface area contributed by atoms with E-state index in [1.54, 1.807) is 0 Å². The van der Waals surface area contributed by atoms with E-state index in [9.17, 15) is 13.2 Å². The van der Waals surface area contributed by atoms with E-state index in [2.05, 4.69) is 0 Å². The lowest BCUT2D eigenvalue weighted by atomic mass is 9.98. The second-order valence-corrected chi connectivity index (χ2v) is 5.77. The van der Waals surface area contributed by atoms with Crippen molar-refractivity contribution < 1.29 is 13.2 Å². The molecule has 0 aliphatic rings. The maximum absolute atomic E-state index is 12.7. The van der Waals surface area contributed by atoms with Crippen LogP contribution in [0.1, 0.15) is 11.1 Å². The molecular formula is C14H7Cl4F3. The lowest BCUT2D eigenvalue weighted by molar-refractivity contribution is -0.137. The van der Waals surface area contributed by atoms with E-state index in [1.807, 2.05) is 0 Å². The van der Waals surface area contributed by atoms with Crippen LogP contribution in [0, 0.1) is 0 Å². The van der Waals surface area contributed by atoms with Crippen LogP contribution in [0.15, 0.2) is 30.3 Å². The average molecular weight is 374 g/mol. The summed E-state index contributed by atoms with van der Waals surface area (Å²) in [5, 5.41) is 0.838. The Hall–Kier alpha value is -0.610. The van der Waals surface area contributed by atoms with Crippen molar-refractivity contribution >= 4 is 46.4 Å². The zero-order valence-corrected chi connectivity index (χ0v) is 13.3. The number of rotatable bonds is 2. The van der Waals surface area contributed by atoms with Crippen molar-refractivity contribution in [3.05, 3.63) is 56.5 Å². The summed E-state index contributed by atoms with van der Waals surface area (Å²) in [6.45, 7) is 0. The molecule has 0 nitrogen and oxygen atoms in total. The molecule has 112 valence electrons. The van der Waals surface area contributed by atoms with Crippen LogP contribution >= 0.6 is 46.4 Å². The van der Waals surface area contributed by atoms with Gasteiger partial charge in [0, 0.05) is 16.5 Å². The minimum Gasteiger partial charge on any atom is -0.166 e. The molecule has 0 radical (unpaired) electrons. The first kappa shape index (κ1) is 16.8. The predicted molar refractivity (Wildman–Crippen MR) is 81.5 cm³/mol. The minimum absolute atomic E-state index is 0.103. The lowest BCUT2D eigenvalue weighted by Gasteiger charge is -2.14. The highest BCUT2D eigenvalue weighted by Gasteiger charge is 2.31. The topological polar surface area (TPSA) is 0 Å². The van der Waals surface area contributed by atoms with Gasteiger partial charge in [-0.2, -0.15) is 13.2 Å². The number of halogens is 7. The molecule has 21 heavy (non-hydrogen) atoms. The van der Waals surface area contributed by atoms with Gasteiger partial charge in [-0.05, 0) is 35.4 Å². The van der Waals surface area contributed by atoms with Gasteiger partial charge in [-0.1, -0.05) is 40.9 Å². The Kier molecular flexibility index (Phi) is 4.99. The first-order valence-corrected chi connectivity index (χ1v) is 7.32. The summed E-state index contributed by atoms with van der Waals surface area (Å²) in [7, 11) is 0. The molecule has 0 saturated heterocycles. The molecule has 0 unspecified atom stereocenters. The second-order valence-electron chi connectivity index (χ2n) is 4.25. The van der Waals surface area contributed by atoms with Gasteiger partial charge in [0.1, 0.15) is 0 Å². The van der Waals surface area contributed by atoms with Crippen LogP contribution in [0.25, 0.3) is 11.1 Å². The highest BCUT2D eigenvalue weighted by molar-refractivity contribution is 6.42. The largest absolute Gasteiger partial charge is 0.416 e. The molecule has 0 saturated carbocycles. The van der Waals surface area contributed by atoms with Crippen molar-refractivity contribution in [3.63, 3.8) is 0 Å². The molecule has 2 aromatic carbocycles. The van der Waals surface area contributed by atoms with Gasteiger partial charge < -0.3 is 0 Å². The molecular weight excluding hydrogens is 367 g/mol. The van der Waals surface area contributed by atoms with Gasteiger partial charge in [-0.3, -0.25) is 0 Å². The molecule has 0 N–H and O–H groups in total. The maximum Gasteiger partial charge on any atom is 0.416 e. The summed E-state index contributed by atoms with van der Waals surface area (Å²) in [6, 6.07) is 6.21. The maximum atomic E-state index is 12.7. The summed E-state index contributed by atoms with van der Waals surface area (Å²) in [5.41, 5.74) is 0.373. The van der Waals surface area contributed by atoms with E-state index >= 15 is 0 Å². The van der Waals surface area contributed by atoms with E-state index in [-0.39, 0.29) is 21.5 Å². The van der Waals surface area contributed by atoms with Crippen molar-refractivity contribution in [2.45, 2.75) is 12.1 Å². The molecule has 0 bridgehead atoms. The van der Waals surface area contributed by atoms with Crippen LogP contribution in [0.5, 0.6) is 0 Å². The second kappa shape index (κ2) is 6.25. The quantitative estimate of drug-likeness (QED) is 0.493. The van der Waals surface area contributed by atoms with Crippen molar-refractivity contribution in [2.75, 3.05) is 0 Å². The molecule has 2 aromatic rings. The Balaban J connectivity index is 2.65. The fourth-order valence-corrected chi connectivity index (χ4v) is 3.17. The van der Waals surface area contributed by atoms with Crippen LogP contribution in [-0.2, 0) is 12.1 Å². The molecule has 0 aliphatic heterocycles. The molecule has 0 aliphatic carbocycles. The summed E-state index contributed by atoms with van der Waals surface area (Å²) in [6.07, 6.45) is -4.44. The van der Waals surface area contributed by atoms with Gasteiger partial charge in [0.05, 0.1) is 15.6 Å². The first-order valence-electron chi connectivity index (χ1n) is 5.65. The van der Waals surface area contributed by atoms with E-state index in [1.165, 1.54) is 18.2 Å². The van der Waals surface area contributed by atoms with Gasteiger partial charge in [0.2, 0.25) is 0 Å². The molecule has 2 rings (SSSR count). The summed E-state index contributed by atoms with van der Waals surface area (Å²) in [4.78, 5) is 0. The van der Waals surface area contributed by atoms with E-state index in [4.69, 9.17) is 46.4 Å². The van der Waals surface area contributed by atoms with Gasteiger partial charge in [-0.25, -0.2) is 0 Å². The lowest BCUT2D eigenvalue weighted by Crippen LogP contribution is -2.05. The predicted octanol–water partition coefficient (Wildman–Crippen LogP) is 7.07. The van der Waals surface area contributed by atoms with Crippen molar-refractivity contribution in [1.82, 2.24) is 0 Å². The smallest absolute Gasteiger partial charge is 0.166 e. The average Bonchev–Trinajstić information content (AvgIpc) is 2.36. The summed E-state index contributed by atoms with van der Waals surface area (Å²) < 4.78 is 38.2.